The lowest BCUT2D eigenvalue weighted by Crippen LogP contribution is -2.44. The zero-order valence-electron chi connectivity index (χ0n) is 16.6. The molecule has 1 aromatic carbocycles. The van der Waals surface area contributed by atoms with Crippen LogP contribution in [0, 0.1) is 5.92 Å². The average Bonchev–Trinajstić information content (AvgIpc) is 3.07. The third-order valence-electron chi connectivity index (χ3n) is 5.34. The highest BCUT2D eigenvalue weighted by molar-refractivity contribution is 5.84. The van der Waals surface area contributed by atoms with E-state index in [0.29, 0.717) is 12.5 Å². The van der Waals surface area contributed by atoms with Crippen LogP contribution in [0.1, 0.15) is 12.8 Å². The van der Waals surface area contributed by atoms with Gasteiger partial charge < -0.3 is 14.4 Å². The van der Waals surface area contributed by atoms with Gasteiger partial charge in [-0.3, -0.25) is 9.78 Å². The first-order valence-electron chi connectivity index (χ1n) is 9.91. The highest BCUT2D eigenvalue weighted by atomic mass is 16.2. The van der Waals surface area contributed by atoms with Gasteiger partial charge in [0, 0.05) is 25.8 Å². The maximum Gasteiger partial charge on any atom is 0.242 e. The number of benzene rings is 1. The van der Waals surface area contributed by atoms with Crippen molar-refractivity contribution in [2.75, 3.05) is 33.7 Å². The van der Waals surface area contributed by atoms with E-state index in [1.165, 1.54) is 6.42 Å². The second-order valence-corrected chi connectivity index (χ2v) is 7.84. The highest BCUT2D eigenvalue weighted by Gasteiger charge is 2.25. The van der Waals surface area contributed by atoms with Gasteiger partial charge in [0.1, 0.15) is 12.2 Å². The van der Waals surface area contributed by atoms with Crippen molar-refractivity contribution in [1.29, 1.82) is 0 Å². The average molecular weight is 377 g/mol. The molecule has 3 aromatic rings. The molecule has 0 spiro atoms. The Hall–Kier alpha value is -2.73. The molecule has 0 saturated carbocycles. The number of para-hydroxylation sites is 2. The van der Waals surface area contributed by atoms with Crippen LogP contribution < -0.4 is 0 Å². The van der Waals surface area contributed by atoms with E-state index in [4.69, 9.17) is 4.98 Å². The molecular weight excluding hydrogens is 350 g/mol. The van der Waals surface area contributed by atoms with Gasteiger partial charge in [-0.2, -0.15) is 0 Å². The highest BCUT2D eigenvalue weighted by Crippen LogP contribution is 2.24. The number of rotatable bonds is 5. The summed E-state index contributed by atoms with van der Waals surface area (Å²) in [5, 5.41) is 0. The summed E-state index contributed by atoms with van der Waals surface area (Å²) < 4.78 is 2.01. The lowest BCUT2D eigenvalue weighted by atomic mass is 9.97. The van der Waals surface area contributed by atoms with Crippen LogP contribution in [0.15, 0.2) is 48.7 Å². The van der Waals surface area contributed by atoms with Crippen molar-refractivity contribution >= 4 is 16.9 Å². The predicted molar refractivity (Wildman–Crippen MR) is 111 cm³/mol. The number of pyridine rings is 1. The SMILES string of the molecule is CN(C)CC1CCCN(C(=O)Cn2c(-c3ccccn3)nc3ccccc32)C1. The monoisotopic (exact) mass is 377 g/mol. The molecule has 1 aliphatic heterocycles. The van der Waals surface area contributed by atoms with Crippen molar-refractivity contribution in [1.82, 2.24) is 24.3 Å². The van der Waals surface area contributed by atoms with E-state index in [2.05, 4.69) is 24.0 Å². The van der Waals surface area contributed by atoms with Crippen LogP contribution >= 0.6 is 0 Å². The summed E-state index contributed by atoms with van der Waals surface area (Å²) in [5.41, 5.74) is 2.65. The van der Waals surface area contributed by atoms with Crippen molar-refractivity contribution in [2.45, 2.75) is 19.4 Å². The van der Waals surface area contributed by atoms with E-state index < -0.39 is 0 Å². The van der Waals surface area contributed by atoms with Gasteiger partial charge in [-0.1, -0.05) is 18.2 Å². The van der Waals surface area contributed by atoms with E-state index in [-0.39, 0.29) is 5.91 Å². The van der Waals surface area contributed by atoms with Gasteiger partial charge in [-0.05, 0) is 57.1 Å². The first-order valence-corrected chi connectivity index (χ1v) is 9.91. The number of carbonyl (C=O) groups is 1. The van der Waals surface area contributed by atoms with Gasteiger partial charge in [0.25, 0.3) is 0 Å². The molecule has 0 radical (unpaired) electrons. The number of hydrogen-bond acceptors (Lipinski definition) is 4. The minimum Gasteiger partial charge on any atom is -0.341 e. The Bertz CT molecular complexity index is 950. The maximum absolute atomic E-state index is 13.2. The fourth-order valence-corrected chi connectivity index (χ4v) is 4.12. The Morgan fingerprint density at radius 1 is 1.18 bits per heavy atom. The summed E-state index contributed by atoms with van der Waals surface area (Å²) in [4.78, 5) is 26.6. The van der Waals surface area contributed by atoms with Crippen molar-refractivity contribution in [3.05, 3.63) is 48.7 Å². The van der Waals surface area contributed by atoms with Crippen LogP contribution in [0.3, 0.4) is 0 Å². The van der Waals surface area contributed by atoms with E-state index in [0.717, 1.165) is 48.6 Å². The summed E-state index contributed by atoms with van der Waals surface area (Å²) in [6, 6.07) is 13.7. The Morgan fingerprint density at radius 2 is 2.00 bits per heavy atom. The second kappa shape index (κ2) is 8.10. The number of likely N-dealkylation sites (tertiary alicyclic amines) is 1. The summed E-state index contributed by atoms with van der Waals surface area (Å²) in [7, 11) is 4.19. The van der Waals surface area contributed by atoms with Gasteiger partial charge >= 0.3 is 0 Å². The molecule has 1 atom stereocenters. The molecule has 6 heteroatoms. The van der Waals surface area contributed by atoms with E-state index in [1.54, 1.807) is 6.20 Å². The fourth-order valence-electron chi connectivity index (χ4n) is 4.12. The minimum atomic E-state index is 0.156. The van der Waals surface area contributed by atoms with Crippen molar-refractivity contribution in [2.24, 2.45) is 5.92 Å². The van der Waals surface area contributed by atoms with Crippen molar-refractivity contribution in [3.8, 4) is 11.5 Å². The Labute approximate surface area is 165 Å². The molecule has 1 unspecified atom stereocenters. The van der Waals surface area contributed by atoms with Crippen molar-refractivity contribution < 1.29 is 4.79 Å². The molecule has 1 fully saturated rings. The molecule has 2 aromatic heterocycles. The molecule has 0 N–H and O–H groups in total. The molecule has 1 amide bonds. The molecule has 6 nitrogen and oxygen atoms in total. The molecule has 3 heterocycles. The number of amides is 1. The normalized spacial score (nSPS) is 17.4. The zero-order valence-corrected chi connectivity index (χ0v) is 16.6. The standard InChI is InChI=1S/C22H27N5O/c1-25(2)14-17-8-7-13-26(15-17)21(28)16-27-20-11-4-3-9-18(20)24-22(27)19-10-5-6-12-23-19/h3-6,9-12,17H,7-8,13-16H2,1-2H3. The van der Waals surface area contributed by atoms with Gasteiger partial charge in [0.15, 0.2) is 5.82 Å². The quantitative estimate of drug-likeness (QED) is 0.686. The Kier molecular flexibility index (Phi) is 5.39. The number of aromatic nitrogens is 3. The molecule has 1 saturated heterocycles. The van der Waals surface area contributed by atoms with Crippen LogP contribution in [-0.4, -0.2) is 64.0 Å². The molecular formula is C22H27N5O. The number of hydrogen-bond donors (Lipinski definition) is 0. The van der Waals surface area contributed by atoms with Gasteiger partial charge in [0.05, 0.1) is 11.0 Å². The maximum atomic E-state index is 13.2. The lowest BCUT2D eigenvalue weighted by Gasteiger charge is -2.34. The first kappa shape index (κ1) is 18.6. The van der Waals surface area contributed by atoms with Crippen LogP contribution in [0.4, 0.5) is 0 Å². The zero-order chi connectivity index (χ0) is 19.5. The summed E-state index contributed by atoms with van der Waals surface area (Å²) >= 11 is 0. The number of carbonyl (C=O) groups excluding carboxylic acids is 1. The molecule has 0 aliphatic carbocycles. The first-order chi connectivity index (χ1) is 13.6. The summed E-state index contributed by atoms with van der Waals surface area (Å²) in [6.45, 7) is 2.99. The third kappa shape index (κ3) is 3.92. The third-order valence-corrected chi connectivity index (χ3v) is 5.34. The summed E-state index contributed by atoms with van der Waals surface area (Å²) in [5.74, 6) is 1.45. The Morgan fingerprint density at radius 3 is 2.79 bits per heavy atom. The van der Waals surface area contributed by atoms with E-state index in [1.807, 2.05) is 51.9 Å². The number of nitrogens with zero attached hydrogens (tertiary/aromatic N) is 5. The van der Waals surface area contributed by atoms with Gasteiger partial charge in [-0.15, -0.1) is 0 Å². The van der Waals surface area contributed by atoms with Crippen LogP contribution in [0.5, 0.6) is 0 Å². The fraction of sp³-hybridized carbons (Fsp3) is 0.409. The molecule has 0 bridgehead atoms. The predicted octanol–water partition coefficient (Wildman–Crippen LogP) is 2.90. The minimum absolute atomic E-state index is 0.156. The van der Waals surface area contributed by atoms with E-state index in [9.17, 15) is 4.79 Å². The molecule has 146 valence electrons. The molecule has 1 aliphatic rings. The lowest BCUT2D eigenvalue weighted by molar-refractivity contribution is -0.133. The number of fused-ring (bicyclic) bond motifs is 1. The van der Waals surface area contributed by atoms with Crippen molar-refractivity contribution in [3.63, 3.8) is 0 Å². The summed E-state index contributed by atoms with van der Waals surface area (Å²) in [6.07, 6.45) is 4.02. The molecule has 4 rings (SSSR count). The topological polar surface area (TPSA) is 54.3 Å². The number of imidazole rings is 1. The number of piperidine rings is 1. The van der Waals surface area contributed by atoms with Gasteiger partial charge in [-0.25, -0.2) is 4.98 Å². The van der Waals surface area contributed by atoms with Crippen LogP contribution in [0.25, 0.3) is 22.6 Å². The second-order valence-electron chi connectivity index (χ2n) is 7.84. The van der Waals surface area contributed by atoms with Crippen LogP contribution in [-0.2, 0) is 11.3 Å². The largest absolute Gasteiger partial charge is 0.341 e. The van der Waals surface area contributed by atoms with Crippen LogP contribution in [0.2, 0.25) is 0 Å². The molecule has 28 heavy (non-hydrogen) atoms. The Balaban J connectivity index is 1.61. The van der Waals surface area contributed by atoms with Gasteiger partial charge in [0.2, 0.25) is 5.91 Å². The smallest absolute Gasteiger partial charge is 0.242 e. The van der Waals surface area contributed by atoms with E-state index >= 15 is 0 Å².